The van der Waals surface area contributed by atoms with Gasteiger partial charge in [0.2, 0.25) is 0 Å². The molecule has 0 bridgehead atoms. The first-order chi connectivity index (χ1) is 7.74. The predicted molar refractivity (Wildman–Crippen MR) is 66.7 cm³/mol. The zero-order valence-electron chi connectivity index (χ0n) is 10.7. The van der Waals surface area contributed by atoms with Crippen molar-refractivity contribution in [1.82, 2.24) is 10.6 Å². The van der Waals surface area contributed by atoms with Crippen molar-refractivity contribution in [2.45, 2.75) is 63.1 Å². The molecule has 2 N–H and O–H groups in total. The number of rotatable bonds is 8. The SMILES string of the molecule is COC1(CCNC(C)CNC2CC2)CCC1. The summed E-state index contributed by atoms with van der Waals surface area (Å²) in [5, 5.41) is 7.13. The lowest BCUT2D eigenvalue weighted by atomic mass is 9.77. The Morgan fingerprint density at radius 1 is 1.38 bits per heavy atom. The van der Waals surface area contributed by atoms with E-state index in [1.807, 2.05) is 7.11 Å². The molecule has 94 valence electrons. The van der Waals surface area contributed by atoms with Crippen LogP contribution in [-0.2, 0) is 4.74 Å². The Bertz CT molecular complexity index is 206. The summed E-state index contributed by atoms with van der Waals surface area (Å²) in [4.78, 5) is 0. The van der Waals surface area contributed by atoms with Gasteiger partial charge >= 0.3 is 0 Å². The van der Waals surface area contributed by atoms with Crippen LogP contribution < -0.4 is 10.6 Å². The normalized spacial score (nSPS) is 25.1. The van der Waals surface area contributed by atoms with E-state index in [1.165, 1.54) is 32.1 Å². The molecule has 0 radical (unpaired) electrons. The van der Waals surface area contributed by atoms with Gasteiger partial charge in [0, 0.05) is 25.7 Å². The zero-order chi connectivity index (χ0) is 11.4. The van der Waals surface area contributed by atoms with Gasteiger partial charge in [-0.25, -0.2) is 0 Å². The number of nitrogens with one attached hydrogen (secondary N) is 2. The molecule has 0 aliphatic heterocycles. The van der Waals surface area contributed by atoms with Crippen LogP contribution in [0.25, 0.3) is 0 Å². The van der Waals surface area contributed by atoms with Crippen molar-refractivity contribution < 1.29 is 4.74 Å². The van der Waals surface area contributed by atoms with Crippen molar-refractivity contribution >= 4 is 0 Å². The Morgan fingerprint density at radius 3 is 2.62 bits per heavy atom. The van der Waals surface area contributed by atoms with Crippen LogP contribution in [0.4, 0.5) is 0 Å². The molecule has 0 saturated heterocycles. The predicted octanol–water partition coefficient (Wildman–Crippen LogP) is 1.68. The highest BCUT2D eigenvalue weighted by molar-refractivity contribution is 4.90. The highest BCUT2D eigenvalue weighted by Gasteiger charge is 2.36. The molecule has 2 aliphatic rings. The minimum Gasteiger partial charge on any atom is -0.378 e. The molecule has 0 spiro atoms. The van der Waals surface area contributed by atoms with Gasteiger partial charge in [0.15, 0.2) is 0 Å². The molecule has 16 heavy (non-hydrogen) atoms. The summed E-state index contributed by atoms with van der Waals surface area (Å²) in [6.07, 6.45) is 7.75. The Morgan fingerprint density at radius 2 is 2.12 bits per heavy atom. The molecule has 2 fully saturated rings. The third kappa shape index (κ3) is 3.44. The number of hydrogen-bond acceptors (Lipinski definition) is 3. The van der Waals surface area contributed by atoms with Gasteiger partial charge in [-0.15, -0.1) is 0 Å². The van der Waals surface area contributed by atoms with E-state index in [1.54, 1.807) is 0 Å². The van der Waals surface area contributed by atoms with Crippen LogP contribution in [0.2, 0.25) is 0 Å². The maximum atomic E-state index is 5.61. The number of hydrogen-bond donors (Lipinski definition) is 2. The molecular formula is C13H26N2O. The molecule has 2 rings (SSSR count). The topological polar surface area (TPSA) is 33.3 Å². The van der Waals surface area contributed by atoms with Crippen molar-refractivity contribution in [2.24, 2.45) is 0 Å². The molecule has 0 aromatic carbocycles. The summed E-state index contributed by atoms with van der Waals surface area (Å²) in [5.41, 5.74) is 0.219. The molecule has 2 saturated carbocycles. The van der Waals surface area contributed by atoms with Crippen LogP contribution >= 0.6 is 0 Å². The van der Waals surface area contributed by atoms with Gasteiger partial charge in [-0.3, -0.25) is 0 Å². The van der Waals surface area contributed by atoms with Gasteiger partial charge in [-0.2, -0.15) is 0 Å². The molecular weight excluding hydrogens is 200 g/mol. The second-order valence-corrected chi connectivity index (χ2v) is 5.53. The van der Waals surface area contributed by atoms with Crippen molar-refractivity contribution in [2.75, 3.05) is 20.2 Å². The zero-order valence-corrected chi connectivity index (χ0v) is 10.7. The van der Waals surface area contributed by atoms with E-state index in [9.17, 15) is 0 Å². The summed E-state index contributed by atoms with van der Waals surface area (Å²) in [6.45, 7) is 4.45. The van der Waals surface area contributed by atoms with E-state index >= 15 is 0 Å². The smallest absolute Gasteiger partial charge is 0.0690 e. The summed E-state index contributed by atoms with van der Waals surface area (Å²) < 4.78 is 5.61. The van der Waals surface area contributed by atoms with Crippen molar-refractivity contribution in [3.8, 4) is 0 Å². The molecule has 2 aliphatic carbocycles. The molecule has 3 heteroatoms. The van der Waals surface area contributed by atoms with Crippen molar-refractivity contribution in [3.63, 3.8) is 0 Å². The minimum absolute atomic E-state index is 0.219. The average Bonchev–Trinajstić information content (AvgIpc) is 3.03. The fraction of sp³-hybridized carbons (Fsp3) is 1.00. The molecule has 3 nitrogen and oxygen atoms in total. The quantitative estimate of drug-likeness (QED) is 0.660. The Hall–Kier alpha value is -0.120. The van der Waals surface area contributed by atoms with Crippen LogP contribution in [0.3, 0.4) is 0 Å². The van der Waals surface area contributed by atoms with Gasteiger partial charge in [-0.1, -0.05) is 0 Å². The third-order valence-corrected chi connectivity index (χ3v) is 4.06. The highest BCUT2D eigenvalue weighted by Crippen LogP contribution is 2.37. The standard InChI is InChI=1S/C13H26N2O/c1-11(10-15-12-4-5-12)14-9-8-13(16-2)6-3-7-13/h11-12,14-15H,3-10H2,1-2H3. The van der Waals surface area contributed by atoms with Gasteiger partial charge in [0.1, 0.15) is 0 Å². The Balaban J connectivity index is 1.52. The molecule has 1 unspecified atom stereocenters. The van der Waals surface area contributed by atoms with E-state index in [2.05, 4.69) is 17.6 Å². The summed E-state index contributed by atoms with van der Waals surface area (Å²) in [6, 6.07) is 1.40. The average molecular weight is 226 g/mol. The van der Waals surface area contributed by atoms with Crippen molar-refractivity contribution in [1.29, 1.82) is 0 Å². The first-order valence-electron chi connectivity index (χ1n) is 6.76. The maximum Gasteiger partial charge on any atom is 0.0690 e. The van der Waals surface area contributed by atoms with Gasteiger partial charge < -0.3 is 15.4 Å². The lowest BCUT2D eigenvalue weighted by Crippen LogP contribution is -2.44. The highest BCUT2D eigenvalue weighted by atomic mass is 16.5. The minimum atomic E-state index is 0.219. The third-order valence-electron chi connectivity index (χ3n) is 4.06. The monoisotopic (exact) mass is 226 g/mol. The fourth-order valence-electron chi connectivity index (χ4n) is 2.38. The van der Waals surface area contributed by atoms with Gasteiger partial charge in [0.25, 0.3) is 0 Å². The number of ether oxygens (including phenoxy) is 1. The van der Waals surface area contributed by atoms with Crippen LogP contribution in [0.15, 0.2) is 0 Å². The van der Waals surface area contributed by atoms with E-state index in [0.717, 1.165) is 25.6 Å². The first kappa shape index (κ1) is 12.3. The lowest BCUT2D eigenvalue weighted by molar-refractivity contribution is -0.0770. The second-order valence-electron chi connectivity index (χ2n) is 5.53. The largest absolute Gasteiger partial charge is 0.378 e. The van der Waals surface area contributed by atoms with Crippen LogP contribution in [0.1, 0.15) is 45.4 Å². The summed E-state index contributed by atoms with van der Waals surface area (Å²) in [5.74, 6) is 0. The van der Waals surface area contributed by atoms with E-state index in [0.29, 0.717) is 6.04 Å². The van der Waals surface area contributed by atoms with Crippen LogP contribution in [-0.4, -0.2) is 37.9 Å². The molecule has 0 amide bonds. The van der Waals surface area contributed by atoms with Crippen LogP contribution in [0, 0.1) is 0 Å². The molecule has 0 aromatic heterocycles. The van der Waals surface area contributed by atoms with Crippen molar-refractivity contribution in [3.05, 3.63) is 0 Å². The Labute approximate surface area is 99.3 Å². The molecule has 0 aromatic rings. The van der Waals surface area contributed by atoms with E-state index < -0.39 is 0 Å². The van der Waals surface area contributed by atoms with Crippen LogP contribution in [0.5, 0.6) is 0 Å². The van der Waals surface area contributed by atoms with E-state index in [4.69, 9.17) is 4.74 Å². The van der Waals surface area contributed by atoms with E-state index in [-0.39, 0.29) is 5.60 Å². The second kappa shape index (κ2) is 5.48. The number of methoxy groups -OCH3 is 1. The summed E-state index contributed by atoms with van der Waals surface area (Å²) in [7, 11) is 1.86. The summed E-state index contributed by atoms with van der Waals surface area (Å²) >= 11 is 0. The van der Waals surface area contributed by atoms with Gasteiger partial charge in [0.05, 0.1) is 5.60 Å². The fourth-order valence-corrected chi connectivity index (χ4v) is 2.38. The lowest BCUT2D eigenvalue weighted by Gasteiger charge is -2.41. The van der Waals surface area contributed by atoms with Gasteiger partial charge in [-0.05, 0) is 52.0 Å². The molecule has 0 heterocycles. The Kier molecular flexibility index (Phi) is 4.22. The molecule has 1 atom stereocenters. The maximum absolute atomic E-state index is 5.61. The first-order valence-corrected chi connectivity index (χ1v) is 6.76.